The van der Waals surface area contributed by atoms with E-state index >= 15 is 0 Å². The number of hydrogen-bond acceptors (Lipinski definition) is 7. The molecule has 8 heteroatoms. The average molecular weight is 407 g/mol. The predicted molar refractivity (Wildman–Crippen MR) is 109 cm³/mol. The van der Waals surface area contributed by atoms with E-state index in [-0.39, 0.29) is 5.78 Å². The van der Waals surface area contributed by atoms with E-state index in [0.29, 0.717) is 16.1 Å². The molecular weight excluding hydrogens is 386 g/mol. The van der Waals surface area contributed by atoms with Crippen LogP contribution in [0.4, 0.5) is 5.69 Å². The Morgan fingerprint density at radius 2 is 2.04 bits per heavy atom. The summed E-state index contributed by atoms with van der Waals surface area (Å²) in [6, 6.07) is 9.28. The molecule has 0 spiro atoms. The average Bonchev–Trinajstić information content (AvgIpc) is 3.23. The van der Waals surface area contributed by atoms with Crippen molar-refractivity contribution in [1.82, 2.24) is 4.37 Å². The Hall–Kier alpha value is -1.45. The lowest BCUT2D eigenvalue weighted by Gasteiger charge is -2.23. The van der Waals surface area contributed by atoms with Crippen molar-refractivity contribution in [3.05, 3.63) is 40.8 Å². The number of fused-ring (bicyclic) bond motifs is 1. The Morgan fingerprint density at radius 1 is 1.27 bits per heavy atom. The van der Waals surface area contributed by atoms with Crippen molar-refractivity contribution < 1.29 is 14.4 Å². The van der Waals surface area contributed by atoms with E-state index in [9.17, 15) is 4.79 Å². The molecule has 0 unspecified atom stereocenters. The molecule has 0 amide bonds. The minimum atomic E-state index is -0.0233. The molecule has 5 nitrogen and oxygen atoms in total. The second-order valence-electron chi connectivity index (χ2n) is 6.15. The van der Waals surface area contributed by atoms with Crippen LogP contribution in [-0.2, 0) is 4.74 Å². The smallest absolute Gasteiger partial charge is 0.205 e. The summed E-state index contributed by atoms with van der Waals surface area (Å²) < 4.78 is 11.0. The van der Waals surface area contributed by atoms with E-state index in [1.165, 1.54) is 22.9 Å². The Labute approximate surface area is 164 Å². The third kappa shape index (κ3) is 3.65. The van der Waals surface area contributed by atoms with Gasteiger partial charge in [0, 0.05) is 11.3 Å². The maximum atomic E-state index is 12.8. The number of quaternary nitrogens is 1. The summed E-state index contributed by atoms with van der Waals surface area (Å²) in [4.78, 5) is 15.8. The molecule has 0 saturated carbocycles. The molecule has 1 aromatic carbocycles. The van der Waals surface area contributed by atoms with Crippen LogP contribution >= 0.6 is 34.6 Å². The van der Waals surface area contributed by atoms with Crippen LogP contribution in [0.25, 0.3) is 10.2 Å². The summed E-state index contributed by atoms with van der Waals surface area (Å²) in [5, 5.41) is 0.959. The number of morpholine rings is 1. The predicted octanol–water partition coefficient (Wildman–Crippen LogP) is 2.18. The molecule has 26 heavy (non-hydrogen) atoms. The van der Waals surface area contributed by atoms with Crippen LogP contribution in [0.1, 0.15) is 15.2 Å². The van der Waals surface area contributed by atoms with Crippen molar-refractivity contribution in [1.29, 1.82) is 0 Å². The summed E-state index contributed by atoms with van der Waals surface area (Å²) in [7, 11) is 0. The maximum Gasteiger partial charge on any atom is 0.205 e. The lowest BCUT2D eigenvalue weighted by molar-refractivity contribution is -0.905. The molecule has 2 aromatic heterocycles. The van der Waals surface area contributed by atoms with Gasteiger partial charge < -0.3 is 15.4 Å². The summed E-state index contributed by atoms with van der Waals surface area (Å²) in [5.41, 5.74) is 7.60. The molecule has 3 heterocycles. The normalized spacial score (nSPS) is 15.5. The molecule has 4 rings (SSSR count). The molecule has 0 aliphatic carbocycles. The number of benzene rings is 1. The van der Waals surface area contributed by atoms with Gasteiger partial charge in [-0.1, -0.05) is 30.3 Å². The molecule has 0 radical (unpaired) electrons. The first-order valence-electron chi connectivity index (χ1n) is 8.55. The molecule has 1 aliphatic heterocycles. The fourth-order valence-corrected chi connectivity index (χ4v) is 6.38. The Balaban J connectivity index is 1.50. The topological polar surface area (TPSA) is 69.7 Å². The Bertz CT molecular complexity index is 901. The molecule has 3 N–H and O–H groups in total. The lowest BCUT2D eigenvalue weighted by atomic mass is 10.1. The molecule has 1 saturated heterocycles. The fraction of sp³-hybridized carbons (Fsp3) is 0.333. The van der Waals surface area contributed by atoms with Gasteiger partial charge in [0.25, 0.3) is 0 Å². The minimum Gasteiger partial charge on any atom is -0.397 e. The van der Waals surface area contributed by atoms with Gasteiger partial charge >= 0.3 is 0 Å². The number of nitrogens with two attached hydrogens (primary N) is 1. The molecule has 136 valence electrons. The van der Waals surface area contributed by atoms with Gasteiger partial charge in [-0.2, -0.15) is 4.37 Å². The van der Waals surface area contributed by atoms with Gasteiger partial charge in [-0.25, -0.2) is 0 Å². The van der Waals surface area contributed by atoms with Crippen molar-refractivity contribution >= 4 is 56.3 Å². The second kappa shape index (κ2) is 8.06. The van der Waals surface area contributed by atoms with Gasteiger partial charge in [0.2, 0.25) is 5.78 Å². The Kier molecular flexibility index (Phi) is 5.56. The first kappa shape index (κ1) is 17.9. The zero-order chi connectivity index (χ0) is 17.9. The van der Waals surface area contributed by atoms with Crippen molar-refractivity contribution in [2.75, 3.05) is 44.3 Å². The quantitative estimate of drug-likeness (QED) is 0.485. The number of nitrogens with one attached hydrogen (secondary N) is 1. The van der Waals surface area contributed by atoms with Gasteiger partial charge in [-0.3, -0.25) is 4.79 Å². The third-order valence-corrected chi connectivity index (χ3v) is 7.78. The van der Waals surface area contributed by atoms with E-state index in [1.807, 2.05) is 30.3 Å². The summed E-state index contributed by atoms with van der Waals surface area (Å²) in [6.45, 7) is 4.97. The number of anilines is 1. The SMILES string of the molecule is Nc1c(C(=O)c2ccccc2)sc2nsc(SCC[NH+]3CCOCC3)c12. The lowest BCUT2D eigenvalue weighted by Crippen LogP contribution is -3.14. The number of ketones is 1. The highest BCUT2D eigenvalue weighted by atomic mass is 32.2. The van der Waals surface area contributed by atoms with E-state index < -0.39 is 0 Å². The highest BCUT2D eigenvalue weighted by Crippen LogP contribution is 2.42. The number of thiophene rings is 1. The van der Waals surface area contributed by atoms with Gasteiger partial charge in [0.05, 0.1) is 35.0 Å². The third-order valence-electron chi connectivity index (χ3n) is 4.47. The van der Waals surface area contributed by atoms with Crippen molar-refractivity contribution in [2.24, 2.45) is 0 Å². The van der Waals surface area contributed by atoms with Crippen molar-refractivity contribution in [3.8, 4) is 0 Å². The van der Waals surface area contributed by atoms with Crippen LogP contribution in [0.15, 0.2) is 34.5 Å². The number of thioether (sulfide) groups is 1. The summed E-state index contributed by atoms with van der Waals surface area (Å²) in [6.07, 6.45) is 0. The number of nitrogen functional groups attached to an aromatic ring is 1. The molecule has 1 aliphatic rings. The maximum absolute atomic E-state index is 12.8. The van der Waals surface area contributed by atoms with E-state index in [0.717, 1.165) is 53.0 Å². The van der Waals surface area contributed by atoms with Gasteiger partial charge in [0.15, 0.2) is 0 Å². The zero-order valence-electron chi connectivity index (χ0n) is 14.2. The second-order valence-corrected chi connectivity index (χ2v) is 9.29. The molecule has 1 fully saturated rings. The van der Waals surface area contributed by atoms with Crippen molar-refractivity contribution in [3.63, 3.8) is 0 Å². The molecule has 0 bridgehead atoms. The van der Waals surface area contributed by atoms with Gasteiger partial charge in [0.1, 0.15) is 22.8 Å². The monoisotopic (exact) mass is 406 g/mol. The van der Waals surface area contributed by atoms with Crippen molar-refractivity contribution in [2.45, 2.75) is 4.21 Å². The Morgan fingerprint density at radius 3 is 2.81 bits per heavy atom. The largest absolute Gasteiger partial charge is 0.397 e. The van der Waals surface area contributed by atoms with Crippen LogP contribution in [0.2, 0.25) is 0 Å². The standard InChI is InChI=1S/C18H19N3O2S3/c19-14-13-17(25-16(14)15(22)12-4-2-1-3-5-12)20-26-18(13)24-11-8-21-6-9-23-10-7-21/h1-5H,6-11,19H2/p+1. The number of ether oxygens (including phenoxy) is 1. The molecule has 0 atom stereocenters. The van der Waals surface area contributed by atoms with E-state index in [1.54, 1.807) is 16.7 Å². The first-order valence-corrected chi connectivity index (χ1v) is 11.1. The number of aromatic nitrogens is 1. The van der Waals surface area contributed by atoms with Gasteiger partial charge in [-0.15, -0.1) is 23.1 Å². The number of hydrogen-bond donors (Lipinski definition) is 2. The highest BCUT2D eigenvalue weighted by Gasteiger charge is 2.22. The minimum absolute atomic E-state index is 0.0233. The zero-order valence-corrected chi connectivity index (χ0v) is 16.6. The number of carbonyl (C=O) groups excluding carboxylic acids is 1. The van der Waals surface area contributed by atoms with Crippen LogP contribution < -0.4 is 10.6 Å². The number of carbonyl (C=O) groups is 1. The number of nitrogens with zero attached hydrogens (tertiary/aromatic N) is 1. The van der Waals surface area contributed by atoms with E-state index in [2.05, 4.69) is 4.37 Å². The molecular formula is C18H20N3O2S3+. The van der Waals surface area contributed by atoms with E-state index in [4.69, 9.17) is 10.5 Å². The van der Waals surface area contributed by atoms with Gasteiger partial charge in [-0.05, 0) is 11.5 Å². The first-order chi connectivity index (χ1) is 12.7. The van der Waals surface area contributed by atoms with Crippen LogP contribution in [0.3, 0.4) is 0 Å². The highest BCUT2D eigenvalue weighted by molar-refractivity contribution is 8.01. The summed E-state index contributed by atoms with van der Waals surface area (Å²) >= 11 is 4.68. The molecule has 3 aromatic rings. The number of rotatable bonds is 6. The van der Waals surface area contributed by atoms with Crippen LogP contribution in [0.5, 0.6) is 0 Å². The van der Waals surface area contributed by atoms with Crippen LogP contribution in [0, 0.1) is 0 Å². The fourth-order valence-electron chi connectivity index (χ4n) is 3.01. The summed E-state index contributed by atoms with van der Waals surface area (Å²) in [5.74, 6) is 0.994. The van der Waals surface area contributed by atoms with Crippen LogP contribution in [-0.4, -0.2) is 48.8 Å².